The molecule has 0 radical (unpaired) electrons. The smallest absolute Gasteiger partial charge is 0.0450 e. The molecule has 3 rings (SSSR count). The van der Waals surface area contributed by atoms with Gasteiger partial charge in [0, 0.05) is 22.6 Å². The van der Waals surface area contributed by atoms with E-state index in [1.165, 1.54) is 5.56 Å². The lowest BCUT2D eigenvalue weighted by Crippen LogP contribution is -2.39. The molecule has 1 nitrogen and oxygen atoms in total. The minimum Gasteiger partial charge on any atom is -0.310 e. The van der Waals surface area contributed by atoms with Crippen molar-refractivity contribution in [2.75, 3.05) is 0 Å². The Morgan fingerprint density at radius 1 is 0.900 bits per heavy atom. The molecule has 0 atom stereocenters. The summed E-state index contributed by atoms with van der Waals surface area (Å²) in [5, 5.41) is 5.29. The van der Waals surface area contributed by atoms with Gasteiger partial charge in [-0.1, -0.05) is 59.6 Å². The Balaban J connectivity index is 1.52. The molecule has 20 heavy (non-hydrogen) atoms. The Labute approximate surface area is 129 Å². The molecule has 104 valence electrons. The van der Waals surface area contributed by atoms with Gasteiger partial charge in [-0.25, -0.2) is 0 Å². The highest BCUT2D eigenvalue weighted by Gasteiger charge is 2.30. The zero-order valence-electron chi connectivity index (χ0n) is 11.2. The van der Waals surface area contributed by atoms with Gasteiger partial charge < -0.3 is 5.32 Å². The molecule has 1 aliphatic carbocycles. The molecule has 0 saturated heterocycles. The molecule has 1 fully saturated rings. The number of halogens is 2. The topological polar surface area (TPSA) is 12.0 Å². The summed E-state index contributed by atoms with van der Waals surface area (Å²) in [5.74, 6) is 0.590. The van der Waals surface area contributed by atoms with Gasteiger partial charge in [0.2, 0.25) is 0 Å². The second-order valence-electron chi connectivity index (χ2n) is 5.36. The van der Waals surface area contributed by atoms with E-state index in [4.69, 9.17) is 23.2 Å². The maximum atomic E-state index is 6.24. The molecule has 0 unspecified atom stereocenters. The molecule has 0 spiro atoms. The summed E-state index contributed by atoms with van der Waals surface area (Å²) in [6.45, 7) is 0.833. The normalized spacial score (nSPS) is 21.5. The summed E-state index contributed by atoms with van der Waals surface area (Å²) in [4.78, 5) is 0. The molecule has 3 heteroatoms. The summed E-state index contributed by atoms with van der Waals surface area (Å²) in [6.07, 6.45) is 2.29. The van der Waals surface area contributed by atoms with Gasteiger partial charge in [0.25, 0.3) is 0 Å². The van der Waals surface area contributed by atoms with Crippen molar-refractivity contribution in [3.8, 4) is 0 Å². The Morgan fingerprint density at radius 3 is 2.25 bits per heavy atom. The van der Waals surface area contributed by atoms with Gasteiger partial charge in [0.15, 0.2) is 0 Å². The average molecular weight is 306 g/mol. The predicted molar refractivity (Wildman–Crippen MR) is 85.5 cm³/mol. The minimum atomic E-state index is 0.563. The Hall–Kier alpha value is -1.02. The second kappa shape index (κ2) is 6.17. The van der Waals surface area contributed by atoms with Gasteiger partial charge in [-0.2, -0.15) is 0 Å². The van der Waals surface area contributed by atoms with Crippen LogP contribution in [0, 0.1) is 0 Å². The van der Waals surface area contributed by atoms with E-state index in [0.717, 1.165) is 35.0 Å². The van der Waals surface area contributed by atoms with Crippen LogP contribution in [-0.4, -0.2) is 6.04 Å². The highest BCUT2D eigenvalue weighted by Crippen LogP contribution is 2.40. The molecule has 1 saturated carbocycles. The van der Waals surface area contributed by atoms with E-state index in [-0.39, 0.29) is 0 Å². The molecule has 0 heterocycles. The van der Waals surface area contributed by atoms with Crippen LogP contribution < -0.4 is 5.32 Å². The number of hydrogen-bond acceptors (Lipinski definition) is 1. The lowest BCUT2D eigenvalue weighted by Gasteiger charge is -2.37. The van der Waals surface area contributed by atoms with Crippen LogP contribution in [0.25, 0.3) is 0 Å². The predicted octanol–water partition coefficient (Wildman–Crippen LogP) is 5.03. The zero-order chi connectivity index (χ0) is 13.9. The molecule has 2 aromatic rings. The second-order valence-corrected chi connectivity index (χ2v) is 6.17. The van der Waals surface area contributed by atoms with Crippen molar-refractivity contribution in [3.05, 3.63) is 69.7 Å². The van der Waals surface area contributed by atoms with Crippen LogP contribution in [0.15, 0.2) is 48.5 Å². The van der Waals surface area contributed by atoms with Crippen LogP contribution in [0.1, 0.15) is 29.9 Å². The van der Waals surface area contributed by atoms with Crippen molar-refractivity contribution >= 4 is 23.2 Å². The molecule has 0 aromatic heterocycles. The lowest BCUT2D eigenvalue weighted by molar-refractivity contribution is 0.289. The molecule has 1 N–H and O–H groups in total. The van der Waals surface area contributed by atoms with Gasteiger partial charge >= 0.3 is 0 Å². The van der Waals surface area contributed by atoms with Crippen LogP contribution in [-0.2, 0) is 6.54 Å². The summed E-state index contributed by atoms with van der Waals surface area (Å²) in [7, 11) is 0. The van der Waals surface area contributed by atoms with Crippen molar-refractivity contribution in [2.45, 2.75) is 31.3 Å². The fourth-order valence-electron chi connectivity index (χ4n) is 2.74. The van der Waals surface area contributed by atoms with Crippen molar-refractivity contribution in [2.24, 2.45) is 0 Å². The monoisotopic (exact) mass is 305 g/mol. The SMILES string of the molecule is Clc1ccccc1CNC1CC(c2ccccc2Cl)C1. The molecule has 1 aliphatic rings. The summed E-state index contributed by atoms with van der Waals surface area (Å²) < 4.78 is 0. The third kappa shape index (κ3) is 3.01. The largest absolute Gasteiger partial charge is 0.310 e. The number of benzene rings is 2. The van der Waals surface area contributed by atoms with Crippen LogP contribution in [0.2, 0.25) is 10.0 Å². The zero-order valence-corrected chi connectivity index (χ0v) is 12.7. The fourth-order valence-corrected chi connectivity index (χ4v) is 3.23. The maximum absolute atomic E-state index is 6.24. The van der Waals surface area contributed by atoms with Gasteiger partial charge in [0.05, 0.1) is 0 Å². The first-order valence-electron chi connectivity index (χ1n) is 6.95. The Morgan fingerprint density at radius 2 is 1.55 bits per heavy atom. The van der Waals surface area contributed by atoms with E-state index in [1.54, 1.807) is 0 Å². The average Bonchev–Trinajstić information content (AvgIpc) is 2.41. The minimum absolute atomic E-state index is 0.563. The van der Waals surface area contributed by atoms with Crippen LogP contribution in [0.4, 0.5) is 0 Å². The van der Waals surface area contributed by atoms with Crippen LogP contribution in [0.3, 0.4) is 0 Å². The molecule has 2 aromatic carbocycles. The summed E-state index contributed by atoms with van der Waals surface area (Å²) in [5.41, 5.74) is 2.44. The maximum Gasteiger partial charge on any atom is 0.0450 e. The molecular formula is C17H17Cl2N. The molecule has 0 amide bonds. The molecule has 0 bridgehead atoms. The lowest BCUT2D eigenvalue weighted by atomic mass is 9.76. The van der Waals surface area contributed by atoms with E-state index in [2.05, 4.69) is 23.5 Å². The van der Waals surface area contributed by atoms with Crippen molar-refractivity contribution < 1.29 is 0 Å². The fraction of sp³-hybridized carbons (Fsp3) is 0.294. The summed E-state index contributed by atoms with van der Waals surface area (Å²) >= 11 is 12.4. The van der Waals surface area contributed by atoms with Crippen LogP contribution in [0.5, 0.6) is 0 Å². The van der Waals surface area contributed by atoms with E-state index in [0.29, 0.717) is 12.0 Å². The highest BCUT2D eigenvalue weighted by atomic mass is 35.5. The van der Waals surface area contributed by atoms with Crippen molar-refractivity contribution in [1.29, 1.82) is 0 Å². The van der Waals surface area contributed by atoms with Crippen molar-refractivity contribution in [1.82, 2.24) is 5.32 Å². The van der Waals surface area contributed by atoms with Crippen molar-refractivity contribution in [3.63, 3.8) is 0 Å². The first kappa shape index (κ1) is 13.9. The Kier molecular flexibility index (Phi) is 4.30. The van der Waals surface area contributed by atoms with E-state index < -0.39 is 0 Å². The van der Waals surface area contributed by atoms with Gasteiger partial charge in [-0.15, -0.1) is 0 Å². The van der Waals surface area contributed by atoms with Gasteiger partial charge in [-0.3, -0.25) is 0 Å². The van der Waals surface area contributed by atoms with Gasteiger partial charge in [-0.05, 0) is 42.0 Å². The number of hydrogen-bond donors (Lipinski definition) is 1. The van der Waals surface area contributed by atoms with Gasteiger partial charge in [0.1, 0.15) is 0 Å². The van der Waals surface area contributed by atoms with E-state index >= 15 is 0 Å². The standard InChI is InChI=1S/C17H17Cl2N/c18-16-7-3-1-5-12(16)11-20-14-9-13(10-14)15-6-2-4-8-17(15)19/h1-8,13-14,20H,9-11H2. The Bertz CT molecular complexity index is 588. The molecule has 0 aliphatic heterocycles. The van der Waals surface area contributed by atoms with Crippen LogP contribution >= 0.6 is 23.2 Å². The van der Waals surface area contributed by atoms with E-state index in [9.17, 15) is 0 Å². The third-order valence-corrected chi connectivity index (χ3v) is 4.74. The quantitative estimate of drug-likeness (QED) is 0.835. The third-order valence-electron chi connectivity index (χ3n) is 4.02. The molecular weight excluding hydrogens is 289 g/mol. The number of nitrogens with one attached hydrogen (secondary N) is 1. The first-order chi connectivity index (χ1) is 9.74. The first-order valence-corrected chi connectivity index (χ1v) is 7.71. The van der Waals surface area contributed by atoms with E-state index in [1.807, 2.05) is 30.3 Å². The highest BCUT2D eigenvalue weighted by molar-refractivity contribution is 6.31. The number of rotatable bonds is 4. The summed E-state index contributed by atoms with van der Waals surface area (Å²) in [6, 6.07) is 16.7.